The molecular weight excluding hydrogens is 983 g/mol. The Labute approximate surface area is 409 Å². The van der Waals surface area contributed by atoms with Gasteiger partial charge in [0.2, 0.25) is 20.0 Å². The van der Waals surface area contributed by atoms with Gasteiger partial charge in [-0.1, -0.05) is 95.3 Å². The van der Waals surface area contributed by atoms with E-state index in [0.29, 0.717) is 52.6 Å². The molecule has 0 fully saturated rings. The smallest absolute Gasteiger partial charge is 0.406 e. The Morgan fingerprint density at radius 3 is 1.39 bits per heavy atom. The van der Waals surface area contributed by atoms with E-state index in [1.165, 1.54) is 79.8 Å². The zero-order valence-corrected chi connectivity index (χ0v) is 42.9. The number of anilines is 2. The number of halogens is 6. The van der Waals surface area contributed by atoms with Crippen LogP contribution >= 0.6 is 22.7 Å². The summed E-state index contributed by atoms with van der Waals surface area (Å²) in [7, 11) is -7.45. The molecule has 0 bridgehead atoms. The number of fused-ring (bicyclic) bond motifs is 2. The van der Waals surface area contributed by atoms with Gasteiger partial charge in [0.15, 0.2) is 0 Å². The van der Waals surface area contributed by atoms with Gasteiger partial charge in [-0.2, -0.15) is 0 Å². The van der Waals surface area contributed by atoms with Gasteiger partial charge in [-0.05, 0) is 115 Å². The SMILES string of the molecule is CCCN(CCS(=O)(=O)N(Cc1ccc(OC(F)(F)F)cc1)c1sc2ccccc2c1C)CC(C)C.Cc1c(N(Cc2ccc(OC(F)(F)F)cc2)S(=O)(=O)CCNCC(C)C)sc2ccccc12. The molecule has 0 aliphatic carbocycles. The fraction of sp³-hybridized carbons (Fsp3) is 0.429. The number of aryl methyl sites for hydroxylation is 2. The minimum atomic E-state index is -4.79. The van der Waals surface area contributed by atoms with E-state index in [-0.39, 0.29) is 36.1 Å². The zero-order valence-electron chi connectivity index (χ0n) is 39.7. The normalized spacial score (nSPS) is 12.5. The average molecular weight is 1040 g/mol. The van der Waals surface area contributed by atoms with Crippen LogP contribution in [-0.4, -0.2) is 78.7 Å². The van der Waals surface area contributed by atoms with E-state index in [2.05, 4.69) is 40.5 Å². The van der Waals surface area contributed by atoms with Crippen molar-refractivity contribution in [2.24, 2.45) is 11.8 Å². The number of nitrogens with zero attached hydrogens (tertiary/aromatic N) is 3. The second-order valence-electron chi connectivity index (χ2n) is 17.4. The van der Waals surface area contributed by atoms with Crippen molar-refractivity contribution in [2.75, 3.05) is 52.8 Å². The highest BCUT2D eigenvalue weighted by Crippen LogP contribution is 2.41. The van der Waals surface area contributed by atoms with Crippen molar-refractivity contribution in [3.63, 3.8) is 0 Å². The van der Waals surface area contributed by atoms with Crippen LogP contribution in [0, 0.1) is 25.7 Å². The molecule has 378 valence electrons. The van der Waals surface area contributed by atoms with Crippen LogP contribution in [0.3, 0.4) is 0 Å². The summed E-state index contributed by atoms with van der Waals surface area (Å²) in [5, 5.41) is 6.35. The van der Waals surface area contributed by atoms with Gasteiger partial charge in [0.25, 0.3) is 0 Å². The van der Waals surface area contributed by atoms with Crippen LogP contribution in [0.1, 0.15) is 63.3 Å². The van der Waals surface area contributed by atoms with Gasteiger partial charge in [-0.25, -0.2) is 16.8 Å². The molecule has 69 heavy (non-hydrogen) atoms. The molecule has 0 saturated carbocycles. The quantitative estimate of drug-likeness (QED) is 0.0529. The molecule has 0 unspecified atom stereocenters. The first-order chi connectivity index (χ1) is 32.4. The van der Waals surface area contributed by atoms with Crippen molar-refractivity contribution < 1.29 is 52.7 Å². The van der Waals surface area contributed by atoms with Gasteiger partial charge in [-0.15, -0.1) is 49.0 Å². The first-order valence-electron chi connectivity index (χ1n) is 22.4. The first-order valence-corrected chi connectivity index (χ1v) is 27.3. The van der Waals surface area contributed by atoms with Gasteiger partial charge < -0.3 is 19.7 Å². The summed E-state index contributed by atoms with van der Waals surface area (Å²) >= 11 is 2.79. The predicted octanol–water partition coefficient (Wildman–Crippen LogP) is 12.5. The zero-order chi connectivity index (χ0) is 50.7. The van der Waals surface area contributed by atoms with Gasteiger partial charge in [0, 0.05) is 29.0 Å². The standard InChI is InChI=1S/C26H33F3N2O3S2.C23H27F3N2O3S2/c1-5-14-30(17-19(2)3)15-16-36(32,33)31(25-20(4)23-8-6-7-9-24(23)35-25)18-21-10-12-22(13-11-21)34-26(27,28)29;1-16(2)14-27-12-13-33(29,30)28(22-17(3)20-6-4-5-7-21(20)32-22)15-18-8-10-19(11-9-18)31-23(24,25)26/h6-13,19H,5,14-18H2,1-4H3;4-11,16,27H,12-15H2,1-3H3. The maximum Gasteiger partial charge on any atom is 0.573 e. The average Bonchev–Trinajstić information content (AvgIpc) is 3.77. The highest BCUT2D eigenvalue weighted by Gasteiger charge is 2.33. The molecule has 4 aromatic carbocycles. The molecule has 0 saturated heterocycles. The van der Waals surface area contributed by atoms with Crippen molar-refractivity contribution in [1.29, 1.82) is 0 Å². The monoisotopic (exact) mass is 1040 g/mol. The van der Waals surface area contributed by atoms with Crippen LogP contribution in [-0.2, 0) is 33.1 Å². The van der Waals surface area contributed by atoms with Crippen LogP contribution in [0.15, 0.2) is 97.1 Å². The van der Waals surface area contributed by atoms with E-state index in [1.54, 1.807) is 0 Å². The van der Waals surface area contributed by atoms with Crippen molar-refractivity contribution in [1.82, 2.24) is 10.2 Å². The van der Waals surface area contributed by atoms with E-state index >= 15 is 0 Å². The van der Waals surface area contributed by atoms with Gasteiger partial charge >= 0.3 is 12.7 Å². The number of rotatable bonds is 22. The molecule has 2 heterocycles. The van der Waals surface area contributed by atoms with Gasteiger partial charge in [0.05, 0.1) is 24.6 Å². The summed E-state index contributed by atoms with van der Waals surface area (Å²) < 4.78 is 142. The highest BCUT2D eigenvalue weighted by molar-refractivity contribution is 7.93. The molecule has 10 nitrogen and oxygen atoms in total. The highest BCUT2D eigenvalue weighted by atomic mass is 32.2. The van der Waals surface area contributed by atoms with Crippen LogP contribution in [0.2, 0.25) is 0 Å². The largest absolute Gasteiger partial charge is 0.573 e. The van der Waals surface area contributed by atoms with Crippen LogP contribution in [0.5, 0.6) is 11.5 Å². The number of alkyl halides is 6. The molecular formula is C49H60F6N4O6S4. The summed E-state index contributed by atoms with van der Waals surface area (Å²) in [4.78, 5) is 2.17. The number of hydrogen-bond donors (Lipinski definition) is 1. The van der Waals surface area contributed by atoms with E-state index in [1.807, 2.05) is 76.2 Å². The summed E-state index contributed by atoms with van der Waals surface area (Å²) in [6.07, 6.45) is -8.64. The molecule has 0 radical (unpaired) electrons. The molecule has 0 amide bonds. The van der Waals surface area contributed by atoms with E-state index in [0.717, 1.165) is 50.8 Å². The molecule has 0 aliphatic rings. The molecule has 0 aliphatic heterocycles. The number of nitrogens with one attached hydrogen (secondary N) is 1. The Hall–Kier alpha value is -4.60. The third kappa shape index (κ3) is 16.5. The molecule has 6 rings (SSSR count). The topological polar surface area (TPSA) is 108 Å². The molecule has 6 aromatic rings. The Morgan fingerprint density at radius 2 is 1.01 bits per heavy atom. The fourth-order valence-corrected chi connectivity index (χ4v) is 13.4. The Balaban J connectivity index is 0.000000258. The molecule has 2 aromatic heterocycles. The third-order valence-corrected chi connectivity index (χ3v) is 16.9. The number of ether oxygens (including phenoxy) is 2. The Kier molecular flexibility index (Phi) is 19.3. The summed E-state index contributed by atoms with van der Waals surface area (Å²) in [5.41, 5.74) is 2.84. The maximum absolute atomic E-state index is 13.7. The van der Waals surface area contributed by atoms with Crippen LogP contribution < -0.4 is 23.4 Å². The van der Waals surface area contributed by atoms with Crippen molar-refractivity contribution >= 4 is 72.9 Å². The van der Waals surface area contributed by atoms with E-state index < -0.39 is 32.8 Å². The second kappa shape index (κ2) is 24.0. The second-order valence-corrected chi connectivity index (χ2v) is 23.5. The van der Waals surface area contributed by atoms with Gasteiger partial charge in [-0.3, -0.25) is 8.61 Å². The third-order valence-electron chi connectivity index (χ3n) is 10.6. The van der Waals surface area contributed by atoms with Crippen molar-refractivity contribution in [3.05, 3.63) is 119 Å². The lowest BCUT2D eigenvalue weighted by Crippen LogP contribution is -2.39. The lowest BCUT2D eigenvalue weighted by Gasteiger charge is -2.27. The van der Waals surface area contributed by atoms with Crippen molar-refractivity contribution in [2.45, 2.75) is 80.7 Å². The number of hydrogen-bond acceptors (Lipinski definition) is 10. The van der Waals surface area contributed by atoms with Crippen LogP contribution in [0.25, 0.3) is 20.2 Å². The summed E-state index contributed by atoms with van der Waals surface area (Å²) in [5.74, 6) is -0.0337. The molecule has 20 heteroatoms. The van der Waals surface area contributed by atoms with Gasteiger partial charge in [0.1, 0.15) is 21.5 Å². The fourth-order valence-electron chi connectivity index (χ4n) is 7.50. The summed E-state index contributed by atoms with van der Waals surface area (Å²) in [6.45, 7) is 17.2. The Bertz CT molecular complexity index is 2800. The number of thiophene rings is 2. The van der Waals surface area contributed by atoms with Crippen LogP contribution in [0.4, 0.5) is 36.3 Å². The maximum atomic E-state index is 13.7. The number of benzene rings is 4. The lowest BCUT2D eigenvalue weighted by molar-refractivity contribution is -0.275. The summed E-state index contributed by atoms with van der Waals surface area (Å²) in [6, 6.07) is 26.1. The van der Waals surface area contributed by atoms with E-state index in [9.17, 15) is 43.2 Å². The molecule has 1 N–H and O–H groups in total. The first kappa shape index (κ1) is 55.3. The minimum Gasteiger partial charge on any atom is -0.406 e. The minimum absolute atomic E-state index is 0.00642. The Morgan fingerprint density at radius 1 is 0.594 bits per heavy atom. The molecule has 0 atom stereocenters. The molecule has 0 spiro atoms. The predicted molar refractivity (Wildman–Crippen MR) is 269 cm³/mol. The number of sulfonamides is 2. The van der Waals surface area contributed by atoms with Crippen molar-refractivity contribution in [3.8, 4) is 11.5 Å². The lowest BCUT2D eigenvalue weighted by atomic mass is 10.2. The van der Waals surface area contributed by atoms with E-state index in [4.69, 9.17) is 0 Å².